The van der Waals surface area contributed by atoms with Gasteiger partial charge in [0.15, 0.2) is 0 Å². The maximum Gasteiger partial charge on any atom is 0.306 e. The number of aromatic nitrogens is 2. The lowest BCUT2D eigenvalue weighted by Crippen LogP contribution is -2.44. The molecule has 7 heteroatoms. The molecule has 7 nitrogen and oxygen atoms in total. The predicted molar refractivity (Wildman–Crippen MR) is 60.7 cm³/mol. The molecule has 1 aromatic rings. The number of nitro groups is 1. The van der Waals surface area contributed by atoms with E-state index in [0.29, 0.717) is 13.2 Å². The standard InChI is InChI=1S/C10H16N4O3/c1-2-12-3-4-17-10(7-12)8-13-6-9(5-11-13)14(15)16/h5-6,10H,2-4,7-8H2,1H3/t10-/m0/s1. The van der Waals surface area contributed by atoms with Crippen molar-refractivity contribution in [3.05, 3.63) is 22.5 Å². The van der Waals surface area contributed by atoms with Gasteiger partial charge in [0, 0.05) is 13.1 Å². The normalized spacial score (nSPS) is 21.6. The van der Waals surface area contributed by atoms with Crippen molar-refractivity contribution in [1.29, 1.82) is 0 Å². The summed E-state index contributed by atoms with van der Waals surface area (Å²) in [7, 11) is 0. The molecule has 1 aliphatic rings. The molecule has 0 spiro atoms. The second kappa shape index (κ2) is 5.24. The Morgan fingerprint density at radius 3 is 3.18 bits per heavy atom. The Bertz CT molecular complexity index is 393. The Labute approximate surface area is 99.1 Å². The third kappa shape index (κ3) is 3.01. The van der Waals surface area contributed by atoms with E-state index in [4.69, 9.17) is 4.74 Å². The summed E-state index contributed by atoms with van der Waals surface area (Å²) < 4.78 is 7.18. The van der Waals surface area contributed by atoms with Crippen LogP contribution in [0.4, 0.5) is 5.69 Å². The minimum Gasteiger partial charge on any atom is -0.374 e. The molecule has 1 fully saturated rings. The van der Waals surface area contributed by atoms with Gasteiger partial charge in [0.1, 0.15) is 12.4 Å². The summed E-state index contributed by atoms with van der Waals surface area (Å²) in [6.45, 7) is 6.18. The van der Waals surface area contributed by atoms with Gasteiger partial charge in [-0.1, -0.05) is 6.92 Å². The van der Waals surface area contributed by atoms with E-state index in [9.17, 15) is 10.1 Å². The molecule has 1 aliphatic heterocycles. The van der Waals surface area contributed by atoms with Crippen molar-refractivity contribution in [3.63, 3.8) is 0 Å². The minimum absolute atomic E-state index is 0.0214. The fourth-order valence-corrected chi connectivity index (χ4v) is 1.93. The van der Waals surface area contributed by atoms with Crippen molar-refractivity contribution in [2.24, 2.45) is 0 Å². The fraction of sp³-hybridized carbons (Fsp3) is 0.700. The molecule has 0 amide bonds. The molecule has 17 heavy (non-hydrogen) atoms. The van der Waals surface area contributed by atoms with E-state index in [2.05, 4.69) is 16.9 Å². The van der Waals surface area contributed by atoms with Crippen molar-refractivity contribution < 1.29 is 9.66 Å². The molecule has 0 unspecified atom stereocenters. The first kappa shape index (κ1) is 12.0. The van der Waals surface area contributed by atoms with Gasteiger partial charge in [0.25, 0.3) is 0 Å². The zero-order valence-electron chi connectivity index (χ0n) is 9.78. The molecule has 1 atom stereocenters. The van der Waals surface area contributed by atoms with E-state index < -0.39 is 4.92 Å². The topological polar surface area (TPSA) is 73.4 Å². The van der Waals surface area contributed by atoms with E-state index >= 15 is 0 Å². The molecular formula is C10H16N4O3. The van der Waals surface area contributed by atoms with Crippen molar-refractivity contribution in [3.8, 4) is 0 Å². The summed E-state index contributed by atoms with van der Waals surface area (Å²) in [4.78, 5) is 12.4. The maximum atomic E-state index is 10.5. The summed E-state index contributed by atoms with van der Waals surface area (Å²) in [5, 5.41) is 14.5. The van der Waals surface area contributed by atoms with Crippen LogP contribution in [-0.2, 0) is 11.3 Å². The molecule has 0 aromatic carbocycles. The average molecular weight is 240 g/mol. The highest BCUT2D eigenvalue weighted by Gasteiger charge is 2.20. The van der Waals surface area contributed by atoms with Crippen LogP contribution in [-0.4, -0.2) is 51.9 Å². The molecule has 0 bridgehead atoms. The first-order valence-electron chi connectivity index (χ1n) is 5.70. The third-order valence-electron chi connectivity index (χ3n) is 2.89. The fourth-order valence-electron chi connectivity index (χ4n) is 1.93. The Hall–Kier alpha value is -1.47. The number of likely N-dealkylation sites (N-methyl/N-ethyl adjacent to an activating group) is 1. The number of morpholine rings is 1. The van der Waals surface area contributed by atoms with Gasteiger partial charge in [0.05, 0.1) is 24.2 Å². The second-order valence-corrected chi connectivity index (χ2v) is 4.06. The highest BCUT2D eigenvalue weighted by molar-refractivity contribution is 5.20. The van der Waals surface area contributed by atoms with Gasteiger partial charge in [-0.05, 0) is 6.54 Å². The van der Waals surface area contributed by atoms with Crippen LogP contribution in [0.2, 0.25) is 0 Å². The SMILES string of the molecule is CCN1CCO[C@H](Cn2cc([N+](=O)[O-])cn2)C1. The van der Waals surface area contributed by atoms with Crippen LogP contribution in [0.1, 0.15) is 6.92 Å². The number of rotatable bonds is 4. The molecule has 1 saturated heterocycles. The summed E-state index contributed by atoms with van der Waals surface area (Å²) >= 11 is 0. The molecule has 1 aromatic heterocycles. The molecule has 0 aliphatic carbocycles. The first-order chi connectivity index (χ1) is 8.19. The van der Waals surface area contributed by atoms with Gasteiger partial charge in [-0.3, -0.25) is 19.7 Å². The van der Waals surface area contributed by atoms with Crippen LogP contribution >= 0.6 is 0 Å². The van der Waals surface area contributed by atoms with Gasteiger partial charge in [-0.25, -0.2) is 0 Å². The van der Waals surface area contributed by atoms with Crippen LogP contribution in [0.15, 0.2) is 12.4 Å². The van der Waals surface area contributed by atoms with Crippen LogP contribution in [0, 0.1) is 10.1 Å². The lowest BCUT2D eigenvalue weighted by molar-refractivity contribution is -0.385. The second-order valence-electron chi connectivity index (χ2n) is 4.06. The summed E-state index contributed by atoms with van der Waals surface area (Å²) in [6.07, 6.45) is 2.76. The minimum atomic E-state index is -0.441. The van der Waals surface area contributed by atoms with E-state index in [0.717, 1.165) is 19.6 Å². The molecule has 0 N–H and O–H groups in total. The first-order valence-corrected chi connectivity index (χ1v) is 5.70. The molecular weight excluding hydrogens is 224 g/mol. The molecule has 94 valence electrons. The monoisotopic (exact) mass is 240 g/mol. The van der Waals surface area contributed by atoms with Crippen molar-refractivity contribution in [1.82, 2.24) is 14.7 Å². The quantitative estimate of drug-likeness (QED) is 0.566. The zero-order valence-corrected chi connectivity index (χ0v) is 9.78. The Morgan fingerprint density at radius 2 is 2.53 bits per heavy atom. The maximum absolute atomic E-state index is 10.5. The van der Waals surface area contributed by atoms with Gasteiger partial charge in [-0.2, -0.15) is 5.10 Å². The van der Waals surface area contributed by atoms with Crippen molar-refractivity contribution in [2.45, 2.75) is 19.6 Å². The number of ether oxygens (including phenoxy) is 1. The number of nitrogens with zero attached hydrogens (tertiary/aromatic N) is 4. The third-order valence-corrected chi connectivity index (χ3v) is 2.89. The van der Waals surface area contributed by atoms with Crippen molar-refractivity contribution >= 4 is 5.69 Å². The predicted octanol–water partition coefficient (Wildman–Crippen LogP) is 0.512. The van der Waals surface area contributed by atoms with Crippen LogP contribution < -0.4 is 0 Å². The largest absolute Gasteiger partial charge is 0.374 e. The van der Waals surface area contributed by atoms with Crippen LogP contribution in [0.3, 0.4) is 0 Å². The van der Waals surface area contributed by atoms with E-state index in [-0.39, 0.29) is 11.8 Å². The van der Waals surface area contributed by atoms with E-state index in [1.54, 1.807) is 4.68 Å². The average Bonchev–Trinajstić information content (AvgIpc) is 2.78. The highest BCUT2D eigenvalue weighted by Crippen LogP contribution is 2.11. The van der Waals surface area contributed by atoms with Gasteiger partial charge < -0.3 is 4.74 Å². The Morgan fingerprint density at radius 1 is 1.71 bits per heavy atom. The van der Waals surface area contributed by atoms with Crippen molar-refractivity contribution in [2.75, 3.05) is 26.2 Å². The van der Waals surface area contributed by atoms with Gasteiger partial charge >= 0.3 is 5.69 Å². The molecule has 0 saturated carbocycles. The van der Waals surface area contributed by atoms with Crippen LogP contribution in [0.25, 0.3) is 0 Å². The summed E-state index contributed by atoms with van der Waals surface area (Å²) in [6, 6.07) is 0. The highest BCUT2D eigenvalue weighted by atomic mass is 16.6. The summed E-state index contributed by atoms with van der Waals surface area (Å²) in [5.41, 5.74) is 0.0214. The molecule has 2 rings (SSSR count). The van der Waals surface area contributed by atoms with E-state index in [1.165, 1.54) is 12.4 Å². The molecule has 2 heterocycles. The van der Waals surface area contributed by atoms with Crippen LogP contribution in [0.5, 0.6) is 0 Å². The zero-order chi connectivity index (χ0) is 12.3. The number of hydrogen-bond acceptors (Lipinski definition) is 5. The molecule has 0 radical (unpaired) electrons. The lowest BCUT2D eigenvalue weighted by Gasteiger charge is -2.31. The smallest absolute Gasteiger partial charge is 0.306 e. The summed E-state index contributed by atoms with van der Waals surface area (Å²) in [5.74, 6) is 0. The van der Waals surface area contributed by atoms with E-state index in [1.807, 2.05) is 0 Å². The number of hydrogen-bond donors (Lipinski definition) is 0. The lowest BCUT2D eigenvalue weighted by atomic mass is 10.2. The van der Waals surface area contributed by atoms with Gasteiger partial charge in [-0.15, -0.1) is 0 Å². The Balaban J connectivity index is 1.93. The Kier molecular flexibility index (Phi) is 3.70. The van der Waals surface area contributed by atoms with Gasteiger partial charge in [0.2, 0.25) is 0 Å².